The van der Waals surface area contributed by atoms with E-state index in [1.54, 1.807) is 0 Å². The van der Waals surface area contributed by atoms with E-state index in [-0.39, 0.29) is 5.75 Å². The molecule has 5 heteroatoms. The lowest BCUT2D eigenvalue weighted by molar-refractivity contribution is 0.480. The first-order valence-corrected chi connectivity index (χ1v) is 6.24. The van der Waals surface area contributed by atoms with Crippen molar-refractivity contribution in [3.63, 3.8) is 0 Å². The number of hydrogen-bond acceptors (Lipinski definition) is 3. The second kappa shape index (κ2) is 9.95. The summed E-state index contributed by atoms with van der Waals surface area (Å²) < 4.78 is 28.2. The highest BCUT2D eigenvalue weighted by molar-refractivity contribution is 7.85. The van der Waals surface area contributed by atoms with Crippen LogP contribution in [0.15, 0.2) is 0 Å². The van der Waals surface area contributed by atoms with E-state index >= 15 is 0 Å². The lowest BCUT2D eigenvalue weighted by Crippen LogP contribution is -2.06. The van der Waals surface area contributed by atoms with Gasteiger partial charge in [-0.05, 0) is 19.4 Å². The molecule has 0 aliphatic carbocycles. The average molecular weight is 211 g/mol. The molecule has 0 aliphatic heterocycles. The van der Waals surface area contributed by atoms with Gasteiger partial charge in [-0.15, -0.1) is 0 Å². The van der Waals surface area contributed by atoms with Crippen molar-refractivity contribution in [2.24, 2.45) is 5.73 Å². The Bertz CT molecular complexity index is 176. The summed E-state index contributed by atoms with van der Waals surface area (Å²) in [5, 5.41) is 0. The Morgan fingerprint density at radius 2 is 1.62 bits per heavy atom. The first kappa shape index (κ1) is 15.3. The van der Waals surface area contributed by atoms with Gasteiger partial charge in [0.1, 0.15) is 0 Å². The van der Waals surface area contributed by atoms with Crippen LogP contribution in [-0.4, -0.2) is 25.3 Å². The Labute approximate surface area is 81.3 Å². The van der Waals surface area contributed by atoms with Crippen molar-refractivity contribution in [1.29, 1.82) is 0 Å². The SMILES string of the molecule is CCCC.NCCCCS(=O)(=O)O. The van der Waals surface area contributed by atoms with E-state index in [0.717, 1.165) is 0 Å². The third-order valence-corrected chi connectivity index (χ3v) is 2.16. The van der Waals surface area contributed by atoms with Crippen molar-refractivity contribution < 1.29 is 13.0 Å². The molecule has 0 unspecified atom stereocenters. The van der Waals surface area contributed by atoms with Gasteiger partial charge in [0.05, 0.1) is 5.75 Å². The van der Waals surface area contributed by atoms with Crippen molar-refractivity contribution in [3.8, 4) is 0 Å². The predicted octanol–water partition coefficient (Wildman–Crippen LogP) is 1.42. The number of rotatable bonds is 5. The molecular formula is C8H21NO3S. The van der Waals surface area contributed by atoms with E-state index in [2.05, 4.69) is 13.8 Å². The van der Waals surface area contributed by atoms with Gasteiger partial charge in [-0.3, -0.25) is 4.55 Å². The molecule has 0 aromatic heterocycles. The average Bonchev–Trinajstić information content (AvgIpc) is 2.03. The maximum absolute atomic E-state index is 10.0. The monoisotopic (exact) mass is 211 g/mol. The van der Waals surface area contributed by atoms with Gasteiger partial charge in [-0.25, -0.2) is 0 Å². The minimum absolute atomic E-state index is 0.176. The van der Waals surface area contributed by atoms with E-state index in [4.69, 9.17) is 10.3 Å². The molecular weight excluding hydrogens is 190 g/mol. The molecule has 0 saturated carbocycles. The third-order valence-electron chi connectivity index (χ3n) is 1.36. The van der Waals surface area contributed by atoms with E-state index in [1.165, 1.54) is 12.8 Å². The molecule has 0 saturated heterocycles. The molecule has 0 aromatic rings. The van der Waals surface area contributed by atoms with Crippen LogP contribution in [0.5, 0.6) is 0 Å². The summed E-state index contributed by atoms with van der Waals surface area (Å²) in [5.41, 5.74) is 5.08. The van der Waals surface area contributed by atoms with Gasteiger partial charge < -0.3 is 5.73 Å². The zero-order valence-electron chi connectivity index (χ0n) is 8.49. The normalized spacial score (nSPS) is 10.5. The van der Waals surface area contributed by atoms with Crippen LogP contribution in [-0.2, 0) is 10.1 Å². The van der Waals surface area contributed by atoms with Gasteiger partial charge in [0, 0.05) is 0 Å². The van der Waals surface area contributed by atoms with Crippen LogP contribution in [0.2, 0.25) is 0 Å². The highest BCUT2D eigenvalue weighted by Gasteiger charge is 2.01. The first-order valence-electron chi connectivity index (χ1n) is 4.63. The quantitative estimate of drug-likeness (QED) is 0.532. The molecule has 0 bridgehead atoms. The van der Waals surface area contributed by atoms with Gasteiger partial charge in [0.25, 0.3) is 10.1 Å². The molecule has 0 atom stereocenters. The molecule has 82 valence electrons. The van der Waals surface area contributed by atoms with Crippen molar-refractivity contribution >= 4 is 10.1 Å². The smallest absolute Gasteiger partial charge is 0.264 e. The Balaban J connectivity index is 0. The van der Waals surface area contributed by atoms with Gasteiger partial charge >= 0.3 is 0 Å². The third kappa shape index (κ3) is 24.5. The highest BCUT2D eigenvalue weighted by atomic mass is 32.2. The van der Waals surface area contributed by atoms with Gasteiger partial charge in [0.15, 0.2) is 0 Å². The zero-order chi connectivity index (χ0) is 10.7. The molecule has 0 spiro atoms. The standard InChI is InChI=1S/C4H11NO3S.C4H10/c5-3-1-2-4-9(6,7)8;1-3-4-2/h1-5H2,(H,6,7,8);3-4H2,1-2H3. The Morgan fingerprint density at radius 1 is 1.15 bits per heavy atom. The molecule has 3 N–H and O–H groups in total. The van der Waals surface area contributed by atoms with Crippen LogP contribution in [0.4, 0.5) is 0 Å². The van der Waals surface area contributed by atoms with Crippen LogP contribution < -0.4 is 5.73 Å². The minimum atomic E-state index is -3.75. The fourth-order valence-electron chi connectivity index (χ4n) is 0.429. The van der Waals surface area contributed by atoms with Crippen LogP contribution in [0.3, 0.4) is 0 Å². The summed E-state index contributed by atoms with van der Waals surface area (Å²) in [6.45, 7) is 4.83. The molecule has 0 fully saturated rings. The molecule has 0 aromatic carbocycles. The van der Waals surface area contributed by atoms with Crippen molar-refractivity contribution in [3.05, 3.63) is 0 Å². The first-order chi connectivity index (χ1) is 5.97. The van der Waals surface area contributed by atoms with Gasteiger partial charge in [-0.2, -0.15) is 8.42 Å². The molecule has 0 aliphatic rings. The van der Waals surface area contributed by atoms with Gasteiger partial charge in [-0.1, -0.05) is 26.7 Å². The van der Waals surface area contributed by atoms with Crippen molar-refractivity contribution in [2.75, 3.05) is 12.3 Å². The van der Waals surface area contributed by atoms with E-state index < -0.39 is 10.1 Å². The topological polar surface area (TPSA) is 80.4 Å². The maximum atomic E-state index is 10.0. The molecule has 0 radical (unpaired) electrons. The summed E-state index contributed by atoms with van der Waals surface area (Å²) in [4.78, 5) is 0. The van der Waals surface area contributed by atoms with Crippen molar-refractivity contribution in [2.45, 2.75) is 39.5 Å². The lowest BCUT2D eigenvalue weighted by Gasteiger charge is -1.93. The molecule has 0 amide bonds. The van der Waals surface area contributed by atoms with E-state index in [1.807, 2.05) is 0 Å². The fourth-order valence-corrected chi connectivity index (χ4v) is 0.998. The summed E-state index contributed by atoms with van der Waals surface area (Å²) >= 11 is 0. The van der Waals surface area contributed by atoms with Crippen LogP contribution >= 0.6 is 0 Å². The summed E-state index contributed by atoms with van der Waals surface area (Å²) in [7, 11) is -3.75. The number of unbranched alkanes of at least 4 members (excludes halogenated alkanes) is 2. The van der Waals surface area contributed by atoms with Crippen LogP contribution in [0, 0.1) is 0 Å². The Kier molecular flexibility index (Phi) is 11.8. The van der Waals surface area contributed by atoms with E-state index in [0.29, 0.717) is 19.4 Å². The number of hydrogen-bond donors (Lipinski definition) is 2. The maximum Gasteiger partial charge on any atom is 0.264 e. The van der Waals surface area contributed by atoms with Crippen LogP contribution in [0.25, 0.3) is 0 Å². The predicted molar refractivity (Wildman–Crippen MR) is 55.3 cm³/mol. The van der Waals surface area contributed by atoms with Crippen LogP contribution in [0.1, 0.15) is 39.5 Å². The molecule has 4 nitrogen and oxygen atoms in total. The highest BCUT2D eigenvalue weighted by Crippen LogP contribution is 1.90. The summed E-state index contributed by atoms with van der Waals surface area (Å²) in [6.07, 6.45) is 3.72. The summed E-state index contributed by atoms with van der Waals surface area (Å²) in [5.74, 6) is -0.176. The summed E-state index contributed by atoms with van der Waals surface area (Å²) in [6, 6.07) is 0. The van der Waals surface area contributed by atoms with Gasteiger partial charge in [0.2, 0.25) is 0 Å². The van der Waals surface area contributed by atoms with Crippen molar-refractivity contribution in [1.82, 2.24) is 0 Å². The minimum Gasteiger partial charge on any atom is -0.330 e. The molecule has 0 heterocycles. The van der Waals surface area contributed by atoms with E-state index in [9.17, 15) is 8.42 Å². The second-order valence-electron chi connectivity index (χ2n) is 2.78. The second-order valence-corrected chi connectivity index (χ2v) is 4.35. The molecule has 0 rings (SSSR count). The number of nitrogens with two attached hydrogens (primary N) is 1. The lowest BCUT2D eigenvalue weighted by atomic mass is 10.3. The largest absolute Gasteiger partial charge is 0.330 e. The Morgan fingerprint density at radius 3 is 1.85 bits per heavy atom. The molecule has 13 heavy (non-hydrogen) atoms. The Hall–Kier alpha value is -0.130. The fraction of sp³-hybridized carbons (Fsp3) is 1.00. The zero-order valence-corrected chi connectivity index (χ0v) is 9.31.